The largest absolute Gasteiger partial charge is 0.0873 e. The van der Waals surface area contributed by atoms with Crippen LogP contribution in [0, 0.1) is 0 Å². The summed E-state index contributed by atoms with van der Waals surface area (Å²) in [6.07, 6.45) is 8.58. The molecule has 4 heteroatoms. The quantitative estimate of drug-likeness (QED) is 0.133. The van der Waals surface area contributed by atoms with Gasteiger partial charge in [-0.05, 0) is 47.9 Å². The zero-order chi connectivity index (χ0) is 26.8. The summed E-state index contributed by atoms with van der Waals surface area (Å²) < 4.78 is 0. The Hall–Kier alpha value is -2.34. The van der Waals surface area contributed by atoms with Crippen molar-refractivity contribution in [2.24, 2.45) is 0 Å². The topological polar surface area (TPSA) is 0 Å². The highest BCUT2D eigenvalue weighted by molar-refractivity contribution is 8.22. The first-order valence-corrected chi connectivity index (χ1v) is 19.1. The molecule has 0 spiro atoms. The van der Waals surface area contributed by atoms with Crippen molar-refractivity contribution >= 4 is 56.9 Å². The molecular formula is C34H36P2S2. The van der Waals surface area contributed by atoms with Crippen LogP contribution in [0.3, 0.4) is 0 Å². The number of hydrogen-bond donors (Lipinski definition) is 0. The molecule has 4 aromatic carbocycles. The molecule has 4 rings (SSSR count). The Balaban J connectivity index is 1.78. The molecule has 0 aromatic heterocycles. The standard InChI is InChI=1S/C34H36P2S2/c1-29(2)16-15-17-30(28-36(38,33-22-11-5-12-23-33)34-24-13-6-14-25-34)26-27-35(37,31-18-7-3-8-19-31)32-20-9-4-10-21-32/h3-14,16,18-26H,15,17,27-28H2,1-2H3/b30-26-. The van der Waals surface area contributed by atoms with Crippen LogP contribution in [-0.4, -0.2) is 12.3 Å². The highest BCUT2D eigenvalue weighted by atomic mass is 32.4. The maximum absolute atomic E-state index is 6.65. The Morgan fingerprint density at radius 3 is 1.29 bits per heavy atom. The van der Waals surface area contributed by atoms with Crippen LogP contribution in [0.4, 0.5) is 0 Å². The van der Waals surface area contributed by atoms with Crippen LogP contribution < -0.4 is 21.2 Å². The van der Waals surface area contributed by atoms with Gasteiger partial charge in [0, 0.05) is 24.4 Å². The van der Waals surface area contributed by atoms with E-state index in [0.717, 1.165) is 25.2 Å². The third-order valence-electron chi connectivity index (χ3n) is 6.77. The van der Waals surface area contributed by atoms with Gasteiger partial charge in [0.05, 0.1) is 0 Å². The lowest BCUT2D eigenvalue weighted by Gasteiger charge is -2.26. The van der Waals surface area contributed by atoms with E-state index in [4.69, 9.17) is 23.6 Å². The lowest BCUT2D eigenvalue weighted by atomic mass is 10.1. The van der Waals surface area contributed by atoms with Crippen molar-refractivity contribution in [3.05, 3.63) is 145 Å². The third-order valence-corrected chi connectivity index (χ3v) is 16.2. The van der Waals surface area contributed by atoms with Gasteiger partial charge in [-0.15, -0.1) is 0 Å². The number of hydrogen-bond acceptors (Lipinski definition) is 2. The van der Waals surface area contributed by atoms with Gasteiger partial charge in [0.25, 0.3) is 0 Å². The zero-order valence-corrected chi connectivity index (χ0v) is 25.7. The van der Waals surface area contributed by atoms with Gasteiger partial charge in [0.1, 0.15) is 0 Å². The summed E-state index contributed by atoms with van der Waals surface area (Å²) in [5.74, 6) is 0. The molecule has 0 radical (unpaired) electrons. The van der Waals surface area contributed by atoms with Crippen molar-refractivity contribution in [3.8, 4) is 0 Å². The summed E-state index contributed by atoms with van der Waals surface area (Å²) >= 11 is 13.2. The molecule has 0 amide bonds. The molecule has 0 heterocycles. The SMILES string of the molecule is CC(C)=CCC/C(=C/CP(=S)(c1ccccc1)c1ccccc1)CP(=S)(c1ccccc1)c1ccccc1. The summed E-state index contributed by atoms with van der Waals surface area (Å²) in [6.45, 7) is 4.35. The predicted molar refractivity (Wildman–Crippen MR) is 179 cm³/mol. The van der Waals surface area contributed by atoms with Crippen LogP contribution in [0.25, 0.3) is 0 Å². The minimum atomic E-state index is -2.05. The molecule has 0 N–H and O–H groups in total. The number of benzene rings is 4. The normalized spacial score (nSPS) is 12.2. The Labute approximate surface area is 239 Å². The average molecular weight is 571 g/mol. The molecule has 0 aliphatic heterocycles. The summed E-state index contributed by atoms with van der Waals surface area (Å²) in [5, 5.41) is 5.10. The van der Waals surface area contributed by atoms with Crippen molar-refractivity contribution in [2.45, 2.75) is 26.7 Å². The van der Waals surface area contributed by atoms with E-state index < -0.39 is 12.1 Å². The lowest BCUT2D eigenvalue weighted by molar-refractivity contribution is 0.967. The predicted octanol–water partition coefficient (Wildman–Crippen LogP) is 7.92. The monoisotopic (exact) mass is 570 g/mol. The first-order chi connectivity index (χ1) is 18.4. The fourth-order valence-corrected chi connectivity index (χ4v) is 12.3. The van der Waals surface area contributed by atoms with E-state index >= 15 is 0 Å². The lowest BCUT2D eigenvalue weighted by Crippen LogP contribution is -2.20. The molecule has 0 saturated heterocycles. The van der Waals surface area contributed by atoms with Gasteiger partial charge in [0.15, 0.2) is 0 Å². The minimum absolute atomic E-state index is 0.861. The van der Waals surface area contributed by atoms with Crippen molar-refractivity contribution < 1.29 is 0 Å². The van der Waals surface area contributed by atoms with E-state index in [1.165, 1.54) is 32.4 Å². The highest BCUT2D eigenvalue weighted by Gasteiger charge is 2.25. The van der Waals surface area contributed by atoms with Crippen molar-refractivity contribution in [1.82, 2.24) is 0 Å². The maximum Gasteiger partial charge on any atom is 0.0144 e. The van der Waals surface area contributed by atoms with Gasteiger partial charge in [-0.25, -0.2) is 0 Å². The second kappa shape index (κ2) is 13.6. The molecule has 0 aliphatic carbocycles. The van der Waals surface area contributed by atoms with E-state index in [1.54, 1.807) is 0 Å². The molecule has 0 fully saturated rings. The Kier molecular flexibility index (Phi) is 10.3. The van der Waals surface area contributed by atoms with Crippen molar-refractivity contribution in [2.75, 3.05) is 12.3 Å². The van der Waals surface area contributed by atoms with Gasteiger partial charge in [0.2, 0.25) is 0 Å². The fraction of sp³-hybridized carbons (Fsp3) is 0.176. The summed E-state index contributed by atoms with van der Waals surface area (Å²) in [4.78, 5) is 0. The molecular weight excluding hydrogens is 534 g/mol. The van der Waals surface area contributed by atoms with Gasteiger partial charge in [-0.3, -0.25) is 0 Å². The van der Waals surface area contributed by atoms with Crippen molar-refractivity contribution in [1.29, 1.82) is 0 Å². The second-order valence-electron chi connectivity index (χ2n) is 9.84. The molecule has 194 valence electrons. The zero-order valence-electron chi connectivity index (χ0n) is 22.2. The molecule has 0 aliphatic rings. The van der Waals surface area contributed by atoms with E-state index in [0.29, 0.717) is 0 Å². The third kappa shape index (κ3) is 7.19. The van der Waals surface area contributed by atoms with Crippen molar-refractivity contribution in [3.63, 3.8) is 0 Å². The fourth-order valence-electron chi connectivity index (χ4n) is 4.70. The molecule has 4 aromatic rings. The van der Waals surface area contributed by atoms with E-state index in [9.17, 15) is 0 Å². The molecule has 0 unspecified atom stereocenters. The van der Waals surface area contributed by atoms with Gasteiger partial charge < -0.3 is 0 Å². The van der Waals surface area contributed by atoms with Gasteiger partial charge in [-0.1, -0.05) is 168 Å². The summed E-state index contributed by atoms with van der Waals surface area (Å²) in [5.41, 5.74) is 2.79. The summed E-state index contributed by atoms with van der Waals surface area (Å²) in [7, 11) is 0. The highest BCUT2D eigenvalue weighted by Crippen LogP contribution is 2.48. The van der Waals surface area contributed by atoms with Crippen LogP contribution >= 0.6 is 12.1 Å². The van der Waals surface area contributed by atoms with Crippen LogP contribution in [0.2, 0.25) is 0 Å². The molecule has 0 bridgehead atoms. The van der Waals surface area contributed by atoms with Crippen LogP contribution in [0.15, 0.2) is 145 Å². The molecule has 0 nitrogen and oxygen atoms in total. The molecule has 38 heavy (non-hydrogen) atoms. The van der Waals surface area contributed by atoms with Gasteiger partial charge in [-0.2, -0.15) is 0 Å². The Bertz CT molecular complexity index is 1370. The maximum atomic E-state index is 6.65. The van der Waals surface area contributed by atoms with E-state index in [2.05, 4.69) is 147 Å². The van der Waals surface area contributed by atoms with Crippen LogP contribution in [-0.2, 0) is 23.6 Å². The molecule has 0 saturated carbocycles. The van der Waals surface area contributed by atoms with E-state index in [1.807, 2.05) is 0 Å². The Morgan fingerprint density at radius 1 is 0.553 bits per heavy atom. The number of rotatable bonds is 11. The molecule has 0 atom stereocenters. The number of allylic oxidation sites excluding steroid dienone is 4. The van der Waals surface area contributed by atoms with Crippen LogP contribution in [0.5, 0.6) is 0 Å². The van der Waals surface area contributed by atoms with Gasteiger partial charge >= 0.3 is 0 Å². The first kappa shape index (κ1) is 28.7. The van der Waals surface area contributed by atoms with E-state index in [-0.39, 0.29) is 0 Å². The average Bonchev–Trinajstić information content (AvgIpc) is 2.97. The van der Waals surface area contributed by atoms with Crippen LogP contribution in [0.1, 0.15) is 26.7 Å². The summed E-state index contributed by atoms with van der Waals surface area (Å²) in [6, 6.07) is 38.9. The Morgan fingerprint density at radius 2 is 0.921 bits per heavy atom. The minimum Gasteiger partial charge on any atom is -0.0873 e. The second-order valence-corrected chi connectivity index (χ2v) is 19.3. The first-order valence-electron chi connectivity index (χ1n) is 13.1. The smallest absolute Gasteiger partial charge is 0.0144 e.